The quantitative estimate of drug-likeness (QED) is 0.833. The first-order chi connectivity index (χ1) is 9.61. The number of pyridine rings is 1. The Morgan fingerprint density at radius 2 is 2.20 bits per heavy atom. The molecule has 1 unspecified atom stereocenters. The molecule has 1 amide bonds. The maximum absolute atomic E-state index is 11.1. The van der Waals surface area contributed by atoms with Crippen LogP contribution in [0.1, 0.15) is 12.1 Å². The van der Waals surface area contributed by atoms with Crippen molar-refractivity contribution in [2.24, 2.45) is 5.73 Å². The molecule has 0 aliphatic heterocycles. The third-order valence-electron chi connectivity index (χ3n) is 3.18. The van der Waals surface area contributed by atoms with Crippen LogP contribution in [0.5, 0.6) is 5.75 Å². The normalized spacial score (nSPS) is 12.3. The van der Waals surface area contributed by atoms with E-state index in [0.29, 0.717) is 13.0 Å². The lowest BCUT2D eigenvalue weighted by Gasteiger charge is -2.13. The molecule has 2 aromatic rings. The molecule has 1 aromatic carbocycles. The number of aryl methyl sites for hydroxylation is 1. The Labute approximate surface area is 118 Å². The summed E-state index contributed by atoms with van der Waals surface area (Å²) in [5, 5.41) is 3.90. The molecule has 0 saturated carbocycles. The molecule has 0 radical (unpaired) electrons. The summed E-state index contributed by atoms with van der Waals surface area (Å²) in [7, 11) is 1.71. The van der Waals surface area contributed by atoms with E-state index >= 15 is 0 Å². The first-order valence-corrected chi connectivity index (χ1v) is 6.57. The van der Waals surface area contributed by atoms with E-state index < -0.39 is 0 Å². The van der Waals surface area contributed by atoms with Gasteiger partial charge in [-0.2, -0.15) is 0 Å². The first-order valence-electron chi connectivity index (χ1n) is 6.57. The standard InChI is InChI=1S/C15H19N3O2/c1-10-6-7-11-4-3-5-13(14(11)18-10)20-9-8-12(17-2)15(16)19/h3-7,12,17H,8-9H2,1-2H3,(H2,16,19). The molecule has 5 nitrogen and oxygen atoms in total. The summed E-state index contributed by atoms with van der Waals surface area (Å²) >= 11 is 0. The summed E-state index contributed by atoms with van der Waals surface area (Å²) in [6.07, 6.45) is 0.522. The summed E-state index contributed by atoms with van der Waals surface area (Å²) in [4.78, 5) is 15.6. The number of ether oxygens (including phenoxy) is 1. The summed E-state index contributed by atoms with van der Waals surface area (Å²) < 4.78 is 5.75. The smallest absolute Gasteiger partial charge is 0.234 e. The minimum Gasteiger partial charge on any atom is -0.491 e. The van der Waals surface area contributed by atoms with E-state index in [1.54, 1.807) is 7.05 Å². The highest BCUT2D eigenvalue weighted by molar-refractivity contribution is 5.84. The lowest BCUT2D eigenvalue weighted by atomic mass is 10.2. The molecule has 106 valence electrons. The van der Waals surface area contributed by atoms with Crippen LogP contribution in [0.4, 0.5) is 0 Å². The zero-order valence-electron chi connectivity index (χ0n) is 11.7. The van der Waals surface area contributed by atoms with E-state index in [2.05, 4.69) is 10.3 Å². The number of aromatic nitrogens is 1. The molecule has 1 aromatic heterocycles. The van der Waals surface area contributed by atoms with Gasteiger partial charge in [-0.3, -0.25) is 4.79 Å². The molecule has 5 heteroatoms. The lowest BCUT2D eigenvalue weighted by Crippen LogP contribution is -2.40. The number of rotatable bonds is 6. The van der Waals surface area contributed by atoms with Crippen LogP contribution >= 0.6 is 0 Å². The largest absolute Gasteiger partial charge is 0.491 e. The molecule has 0 spiro atoms. The van der Waals surface area contributed by atoms with E-state index in [1.165, 1.54) is 0 Å². The van der Waals surface area contributed by atoms with Gasteiger partial charge < -0.3 is 15.8 Å². The minimum atomic E-state index is -0.375. The summed E-state index contributed by atoms with van der Waals surface area (Å²) in [6.45, 7) is 2.35. The molecule has 0 aliphatic carbocycles. The van der Waals surface area contributed by atoms with Crippen molar-refractivity contribution >= 4 is 16.8 Å². The number of benzene rings is 1. The first kappa shape index (κ1) is 14.3. The summed E-state index contributed by atoms with van der Waals surface area (Å²) in [6, 6.07) is 9.42. The van der Waals surface area contributed by atoms with Crippen molar-refractivity contribution in [3.05, 3.63) is 36.0 Å². The molecular formula is C15H19N3O2. The highest BCUT2D eigenvalue weighted by Gasteiger charge is 2.12. The number of fused-ring (bicyclic) bond motifs is 1. The van der Waals surface area contributed by atoms with Gasteiger partial charge in [0.2, 0.25) is 5.91 Å². The van der Waals surface area contributed by atoms with Crippen molar-refractivity contribution in [1.82, 2.24) is 10.3 Å². The topological polar surface area (TPSA) is 77.2 Å². The SMILES string of the molecule is CNC(CCOc1cccc2ccc(C)nc12)C(N)=O. The van der Waals surface area contributed by atoms with Gasteiger partial charge in [0.15, 0.2) is 0 Å². The van der Waals surface area contributed by atoms with Crippen molar-refractivity contribution in [3.63, 3.8) is 0 Å². The fourth-order valence-electron chi connectivity index (χ4n) is 2.05. The molecule has 0 bridgehead atoms. The lowest BCUT2D eigenvalue weighted by molar-refractivity contribution is -0.120. The van der Waals surface area contributed by atoms with Gasteiger partial charge in [-0.1, -0.05) is 18.2 Å². The van der Waals surface area contributed by atoms with E-state index in [0.717, 1.165) is 22.3 Å². The number of nitrogens with zero attached hydrogens (tertiary/aromatic N) is 1. The van der Waals surface area contributed by atoms with Gasteiger partial charge in [0, 0.05) is 17.5 Å². The van der Waals surface area contributed by atoms with Crippen molar-refractivity contribution in [3.8, 4) is 5.75 Å². The second-order valence-electron chi connectivity index (χ2n) is 4.66. The van der Waals surface area contributed by atoms with Gasteiger partial charge in [-0.25, -0.2) is 4.98 Å². The Morgan fingerprint density at radius 3 is 2.90 bits per heavy atom. The monoisotopic (exact) mass is 273 g/mol. The number of para-hydroxylation sites is 1. The van der Waals surface area contributed by atoms with Gasteiger partial charge in [-0.15, -0.1) is 0 Å². The van der Waals surface area contributed by atoms with Gasteiger partial charge in [0.1, 0.15) is 11.3 Å². The third-order valence-corrected chi connectivity index (χ3v) is 3.18. The van der Waals surface area contributed by atoms with Gasteiger partial charge in [0.25, 0.3) is 0 Å². The Bertz CT molecular complexity index is 613. The molecule has 20 heavy (non-hydrogen) atoms. The maximum atomic E-state index is 11.1. The molecule has 1 heterocycles. The molecule has 0 fully saturated rings. The highest BCUT2D eigenvalue weighted by Crippen LogP contribution is 2.24. The predicted molar refractivity (Wildman–Crippen MR) is 78.6 cm³/mol. The van der Waals surface area contributed by atoms with E-state index in [-0.39, 0.29) is 11.9 Å². The molecule has 3 N–H and O–H groups in total. The van der Waals surface area contributed by atoms with Crippen LogP contribution in [-0.4, -0.2) is 30.6 Å². The fraction of sp³-hybridized carbons (Fsp3) is 0.333. The van der Waals surface area contributed by atoms with Gasteiger partial charge >= 0.3 is 0 Å². The minimum absolute atomic E-state index is 0.372. The second-order valence-corrected chi connectivity index (χ2v) is 4.66. The van der Waals surface area contributed by atoms with Crippen LogP contribution in [0.2, 0.25) is 0 Å². The second kappa shape index (κ2) is 6.34. The van der Waals surface area contributed by atoms with Gasteiger partial charge in [0.05, 0.1) is 12.6 Å². The number of carbonyl (C=O) groups is 1. The number of amides is 1. The zero-order chi connectivity index (χ0) is 14.5. The average Bonchev–Trinajstić information content (AvgIpc) is 2.43. The third kappa shape index (κ3) is 3.24. The van der Waals surface area contributed by atoms with E-state index in [1.807, 2.05) is 37.3 Å². The van der Waals surface area contributed by atoms with Crippen molar-refractivity contribution in [2.75, 3.05) is 13.7 Å². The number of carbonyl (C=O) groups excluding carboxylic acids is 1. The fourth-order valence-corrected chi connectivity index (χ4v) is 2.05. The number of nitrogens with one attached hydrogen (secondary N) is 1. The van der Waals surface area contributed by atoms with Crippen LogP contribution in [0.25, 0.3) is 10.9 Å². The van der Waals surface area contributed by atoms with Crippen LogP contribution in [-0.2, 0) is 4.79 Å². The Kier molecular flexibility index (Phi) is 4.53. The average molecular weight is 273 g/mol. The number of primary amides is 1. The Morgan fingerprint density at radius 1 is 1.40 bits per heavy atom. The van der Waals surface area contributed by atoms with Crippen LogP contribution in [0.3, 0.4) is 0 Å². The maximum Gasteiger partial charge on any atom is 0.234 e. The molecule has 1 atom stereocenters. The van der Waals surface area contributed by atoms with E-state index in [4.69, 9.17) is 10.5 Å². The molecule has 2 rings (SSSR count). The number of hydrogen-bond donors (Lipinski definition) is 2. The zero-order valence-corrected chi connectivity index (χ0v) is 11.7. The van der Waals surface area contributed by atoms with Gasteiger partial charge in [-0.05, 0) is 26.1 Å². The Balaban J connectivity index is 2.10. The van der Waals surface area contributed by atoms with Crippen LogP contribution in [0, 0.1) is 6.92 Å². The Hall–Kier alpha value is -2.14. The summed E-state index contributed by atoms with van der Waals surface area (Å²) in [5.74, 6) is 0.355. The predicted octanol–water partition coefficient (Wildman–Crippen LogP) is 1.39. The van der Waals surface area contributed by atoms with Crippen LogP contribution in [0.15, 0.2) is 30.3 Å². The van der Waals surface area contributed by atoms with Crippen LogP contribution < -0.4 is 15.8 Å². The van der Waals surface area contributed by atoms with E-state index in [9.17, 15) is 4.79 Å². The number of hydrogen-bond acceptors (Lipinski definition) is 4. The number of nitrogens with two attached hydrogens (primary N) is 1. The van der Waals surface area contributed by atoms with Crippen molar-refractivity contribution in [1.29, 1.82) is 0 Å². The van der Waals surface area contributed by atoms with Crippen molar-refractivity contribution < 1.29 is 9.53 Å². The highest BCUT2D eigenvalue weighted by atomic mass is 16.5. The molecule has 0 saturated heterocycles. The molecule has 0 aliphatic rings. The van der Waals surface area contributed by atoms with Crippen molar-refractivity contribution in [2.45, 2.75) is 19.4 Å². The number of likely N-dealkylation sites (N-methyl/N-ethyl adjacent to an activating group) is 1. The molecular weight excluding hydrogens is 254 g/mol. The summed E-state index contributed by atoms with van der Waals surface area (Å²) in [5.41, 5.74) is 7.05.